The van der Waals surface area contributed by atoms with Crippen LogP contribution in [0.4, 0.5) is 0 Å². The van der Waals surface area contributed by atoms with Crippen molar-refractivity contribution in [1.82, 2.24) is 14.8 Å². The summed E-state index contributed by atoms with van der Waals surface area (Å²) in [5.74, 6) is 0.111. The van der Waals surface area contributed by atoms with Gasteiger partial charge >= 0.3 is 5.97 Å². The maximum atomic E-state index is 10.8. The number of methoxy groups -OCH3 is 1. The Morgan fingerprint density at radius 2 is 2.30 bits per heavy atom. The molecule has 1 aromatic rings. The number of hydrogen-bond donors (Lipinski definition) is 1. The van der Waals surface area contributed by atoms with Crippen molar-refractivity contribution in [1.29, 1.82) is 0 Å². The van der Waals surface area contributed by atoms with E-state index in [1.54, 1.807) is 7.11 Å². The molecular weight excluding hydrogens is 278 g/mol. The molecule has 112 valence electrons. The van der Waals surface area contributed by atoms with Crippen molar-refractivity contribution in [2.45, 2.75) is 56.3 Å². The van der Waals surface area contributed by atoms with Crippen LogP contribution in [0, 0.1) is 0 Å². The summed E-state index contributed by atoms with van der Waals surface area (Å²) >= 11 is 1.24. The van der Waals surface area contributed by atoms with Gasteiger partial charge in [-0.1, -0.05) is 18.7 Å². The number of ether oxygens (including phenoxy) is 1. The predicted molar refractivity (Wildman–Crippen MR) is 76.1 cm³/mol. The van der Waals surface area contributed by atoms with Gasteiger partial charge < -0.3 is 14.4 Å². The van der Waals surface area contributed by atoms with Crippen molar-refractivity contribution < 1.29 is 14.6 Å². The molecule has 0 bridgehead atoms. The number of thioether (sulfide) groups is 1. The first-order chi connectivity index (χ1) is 9.67. The zero-order chi connectivity index (χ0) is 14.5. The van der Waals surface area contributed by atoms with Crippen LogP contribution >= 0.6 is 11.8 Å². The van der Waals surface area contributed by atoms with Crippen LogP contribution in [-0.2, 0) is 16.0 Å². The molecule has 20 heavy (non-hydrogen) atoms. The molecule has 1 saturated carbocycles. The Bertz CT molecular complexity index is 464. The third kappa shape index (κ3) is 3.32. The number of aromatic nitrogens is 3. The normalized spacial score (nSPS) is 22.3. The minimum absolute atomic E-state index is 0.00856. The third-order valence-electron chi connectivity index (χ3n) is 3.59. The number of carboxylic acids is 1. The molecular formula is C13H21N3O3S. The molecule has 1 aliphatic carbocycles. The Kier molecular flexibility index (Phi) is 5.42. The second-order valence-electron chi connectivity index (χ2n) is 4.97. The van der Waals surface area contributed by atoms with Gasteiger partial charge in [-0.05, 0) is 25.7 Å². The van der Waals surface area contributed by atoms with Gasteiger partial charge in [-0.25, -0.2) is 0 Å². The number of aliphatic carboxylic acids is 1. The molecule has 0 amide bonds. The molecule has 0 radical (unpaired) electrons. The lowest BCUT2D eigenvalue weighted by Gasteiger charge is -2.22. The van der Waals surface area contributed by atoms with E-state index in [0.717, 1.165) is 37.9 Å². The Morgan fingerprint density at radius 1 is 1.50 bits per heavy atom. The van der Waals surface area contributed by atoms with E-state index in [2.05, 4.69) is 21.7 Å². The Hall–Kier alpha value is -1.08. The van der Waals surface area contributed by atoms with Gasteiger partial charge in [-0.3, -0.25) is 4.79 Å². The highest BCUT2D eigenvalue weighted by Gasteiger charge is 2.32. The molecule has 6 nitrogen and oxygen atoms in total. The van der Waals surface area contributed by atoms with Gasteiger partial charge in [0.05, 0.1) is 17.9 Å². The first kappa shape index (κ1) is 15.3. The van der Waals surface area contributed by atoms with E-state index < -0.39 is 5.97 Å². The van der Waals surface area contributed by atoms with Gasteiger partial charge in [0.1, 0.15) is 5.82 Å². The molecule has 2 atom stereocenters. The fourth-order valence-electron chi connectivity index (χ4n) is 2.74. The predicted octanol–water partition coefficient (Wildman–Crippen LogP) is 2.15. The summed E-state index contributed by atoms with van der Waals surface area (Å²) in [6.45, 7) is 2.10. The highest BCUT2D eigenvalue weighted by atomic mass is 32.2. The smallest absolute Gasteiger partial charge is 0.313 e. The number of carboxylic acid groups (broad SMARTS) is 1. The highest BCUT2D eigenvalue weighted by molar-refractivity contribution is 7.99. The number of hydrogen-bond acceptors (Lipinski definition) is 5. The lowest BCUT2D eigenvalue weighted by molar-refractivity contribution is -0.133. The van der Waals surface area contributed by atoms with Gasteiger partial charge in [-0.15, -0.1) is 10.2 Å². The van der Waals surface area contributed by atoms with Gasteiger partial charge in [0, 0.05) is 13.5 Å². The molecule has 1 aliphatic rings. The molecule has 1 aromatic heterocycles. The van der Waals surface area contributed by atoms with Crippen LogP contribution in [-0.4, -0.2) is 44.8 Å². The summed E-state index contributed by atoms with van der Waals surface area (Å²) in [5, 5.41) is 18.0. The van der Waals surface area contributed by atoms with Gasteiger partial charge in [-0.2, -0.15) is 0 Å². The summed E-state index contributed by atoms with van der Waals surface area (Å²) in [6, 6.07) is 0.229. The van der Waals surface area contributed by atoms with Crippen LogP contribution in [0.1, 0.15) is 44.5 Å². The average Bonchev–Trinajstić information content (AvgIpc) is 3.02. The first-order valence-corrected chi connectivity index (χ1v) is 7.97. The number of nitrogens with zero attached hydrogens (tertiary/aromatic N) is 3. The third-order valence-corrected chi connectivity index (χ3v) is 4.51. The lowest BCUT2D eigenvalue weighted by atomic mass is 10.2. The van der Waals surface area contributed by atoms with Gasteiger partial charge in [0.15, 0.2) is 5.16 Å². The monoisotopic (exact) mass is 299 g/mol. The van der Waals surface area contributed by atoms with E-state index in [1.807, 2.05) is 0 Å². The Morgan fingerprint density at radius 3 is 2.95 bits per heavy atom. The van der Waals surface area contributed by atoms with E-state index in [0.29, 0.717) is 5.16 Å². The summed E-state index contributed by atoms with van der Waals surface area (Å²) in [7, 11) is 1.73. The lowest BCUT2D eigenvalue weighted by Crippen LogP contribution is -2.23. The minimum Gasteiger partial charge on any atom is -0.481 e. The van der Waals surface area contributed by atoms with Crippen molar-refractivity contribution in [3.05, 3.63) is 5.82 Å². The fourth-order valence-corrected chi connectivity index (χ4v) is 3.47. The summed E-state index contributed by atoms with van der Waals surface area (Å²) in [4.78, 5) is 10.8. The quantitative estimate of drug-likeness (QED) is 0.777. The zero-order valence-electron chi connectivity index (χ0n) is 11.9. The molecule has 1 N–H and O–H groups in total. The second-order valence-corrected chi connectivity index (χ2v) is 5.92. The van der Waals surface area contributed by atoms with Crippen LogP contribution in [0.25, 0.3) is 0 Å². The SMILES string of the molecule is CCCc1nnc(SCC(=O)O)n1C1CCCC1OC. The highest BCUT2D eigenvalue weighted by Crippen LogP contribution is 2.36. The van der Waals surface area contributed by atoms with Crippen LogP contribution < -0.4 is 0 Å². The average molecular weight is 299 g/mol. The van der Waals surface area contributed by atoms with Crippen LogP contribution in [0.3, 0.4) is 0 Å². The summed E-state index contributed by atoms with van der Waals surface area (Å²) in [6.07, 6.45) is 5.21. The minimum atomic E-state index is -0.837. The maximum Gasteiger partial charge on any atom is 0.313 e. The molecule has 1 fully saturated rings. The number of rotatable bonds is 7. The largest absolute Gasteiger partial charge is 0.481 e. The van der Waals surface area contributed by atoms with Crippen molar-refractivity contribution in [2.75, 3.05) is 12.9 Å². The van der Waals surface area contributed by atoms with Gasteiger partial charge in [0.2, 0.25) is 0 Å². The second kappa shape index (κ2) is 7.08. The molecule has 7 heteroatoms. The fraction of sp³-hybridized carbons (Fsp3) is 0.769. The summed E-state index contributed by atoms with van der Waals surface area (Å²) in [5.41, 5.74) is 0. The number of carbonyl (C=O) groups is 1. The topological polar surface area (TPSA) is 77.2 Å². The van der Waals surface area contributed by atoms with E-state index in [4.69, 9.17) is 9.84 Å². The summed E-state index contributed by atoms with van der Waals surface area (Å²) < 4.78 is 7.67. The molecule has 0 spiro atoms. The first-order valence-electron chi connectivity index (χ1n) is 6.98. The van der Waals surface area contributed by atoms with Crippen molar-refractivity contribution >= 4 is 17.7 Å². The van der Waals surface area contributed by atoms with Gasteiger partial charge in [0.25, 0.3) is 0 Å². The Labute approximate surface area is 122 Å². The molecule has 0 aliphatic heterocycles. The maximum absolute atomic E-state index is 10.8. The van der Waals surface area contributed by atoms with Crippen LogP contribution in [0.15, 0.2) is 5.16 Å². The van der Waals surface area contributed by atoms with Crippen LogP contribution in [0.5, 0.6) is 0 Å². The van der Waals surface area contributed by atoms with Crippen LogP contribution in [0.2, 0.25) is 0 Å². The number of aryl methyl sites for hydroxylation is 1. The molecule has 1 heterocycles. The van der Waals surface area contributed by atoms with E-state index in [-0.39, 0.29) is 17.9 Å². The zero-order valence-corrected chi connectivity index (χ0v) is 12.7. The molecule has 2 unspecified atom stereocenters. The van der Waals surface area contributed by atoms with Crippen molar-refractivity contribution in [3.63, 3.8) is 0 Å². The standard InChI is InChI=1S/C13H21N3O3S/c1-3-5-11-14-15-13(20-8-12(17)18)16(11)9-6-4-7-10(9)19-2/h9-10H,3-8H2,1-2H3,(H,17,18). The van der Waals surface area contributed by atoms with Crippen molar-refractivity contribution in [3.8, 4) is 0 Å². The molecule has 0 aromatic carbocycles. The van der Waals surface area contributed by atoms with E-state index >= 15 is 0 Å². The van der Waals surface area contributed by atoms with E-state index in [9.17, 15) is 4.79 Å². The van der Waals surface area contributed by atoms with E-state index in [1.165, 1.54) is 11.8 Å². The Balaban J connectivity index is 2.26. The molecule has 2 rings (SSSR count). The van der Waals surface area contributed by atoms with Crippen molar-refractivity contribution in [2.24, 2.45) is 0 Å². The molecule has 0 saturated heterocycles.